The van der Waals surface area contributed by atoms with Crippen LogP contribution in [-0.2, 0) is 4.79 Å². The average Bonchev–Trinajstić information content (AvgIpc) is 2.41. The molecule has 0 bridgehead atoms. The average molecular weight is 278 g/mol. The van der Waals surface area contributed by atoms with Crippen molar-refractivity contribution in [2.24, 2.45) is 0 Å². The molecule has 0 spiro atoms. The van der Waals surface area contributed by atoms with Gasteiger partial charge >= 0.3 is 0 Å². The molecule has 1 N–H and O–H groups in total. The molecule has 0 unspecified atom stereocenters. The van der Waals surface area contributed by atoms with E-state index in [2.05, 4.69) is 49.2 Å². The van der Waals surface area contributed by atoms with Crippen LogP contribution in [0.4, 0.5) is 5.69 Å². The van der Waals surface area contributed by atoms with Gasteiger partial charge in [-0.3, -0.25) is 4.79 Å². The number of hydrogen-bond donors (Lipinski definition) is 1. The lowest BCUT2D eigenvalue weighted by atomic mass is 10.1. The van der Waals surface area contributed by atoms with Crippen LogP contribution >= 0.6 is 11.8 Å². The molecule has 1 aromatic rings. The zero-order valence-corrected chi connectivity index (χ0v) is 12.7. The van der Waals surface area contributed by atoms with Crippen LogP contribution in [-0.4, -0.2) is 30.3 Å². The van der Waals surface area contributed by atoms with Gasteiger partial charge in [-0.2, -0.15) is 0 Å². The number of carbonyl (C=O) groups excluding carboxylic acids is 1. The second kappa shape index (κ2) is 6.33. The summed E-state index contributed by atoms with van der Waals surface area (Å²) in [7, 11) is 0. The van der Waals surface area contributed by atoms with E-state index in [1.807, 2.05) is 17.8 Å². The summed E-state index contributed by atoms with van der Waals surface area (Å²) in [6.45, 7) is 7.69. The third kappa shape index (κ3) is 3.24. The highest BCUT2D eigenvalue weighted by molar-refractivity contribution is 8.00. The van der Waals surface area contributed by atoms with Crippen molar-refractivity contribution in [1.29, 1.82) is 0 Å². The molecular formula is C15H22N2OS. The van der Waals surface area contributed by atoms with Crippen molar-refractivity contribution in [2.75, 3.05) is 18.0 Å². The van der Waals surface area contributed by atoms with E-state index in [0.29, 0.717) is 17.8 Å². The van der Waals surface area contributed by atoms with E-state index in [1.165, 1.54) is 10.6 Å². The number of hydrogen-bond acceptors (Lipinski definition) is 3. The Kier molecular flexibility index (Phi) is 4.75. The zero-order valence-electron chi connectivity index (χ0n) is 11.8. The van der Waals surface area contributed by atoms with Crippen molar-refractivity contribution in [1.82, 2.24) is 5.32 Å². The molecule has 1 amide bonds. The van der Waals surface area contributed by atoms with Crippen LogP contribution in [0.3, 0.4) is 0 Å². The summed E-state index contributed by atoms with van der Waals surface area (Å²) in [4.78, 5) is 15.5. The Bertz CT molecular complexity index is 450. The number of anilines is 1. The number of nitrogens with zero attached hydrogens (tertiary/aromatic N) is 1. The number of para-hydroxylation sites is 1. The molecule has 1 aliphatic heterocycles. The maximum Gasteiger partial charge on any atom is 0.239 e. The van der Waals surface area contributed by atoms with Crippen LogP contribution in [0, 0.1) is 0 Å². The van der Waals surface area contributed by atoms with Gasteiger partial charge < -0.3 is 10.2 Å². The first-order valence-corrected chi connectivity index (χ1v) is 7.80. The topological polar surface area (TPSA) is 32.3 Å². The Morgan fingerprint density at radius 2 is 2.11 bits per heavy atom. The second-order valence-corrected chi connectivity index (χ2v) is 6.43. The van der Waals surface area contributed by atoms with Gasteiger partial charge in [-0.05, 0) is 25.5 Å². The van der Waals surface area contributed by atoms with Gasteiger partial charge in [0.05, 0.1) is 12.2 Å². The standard InChI is InChI=1S/C15H22N2OS/c1-4-9-16-15(18)10-17-11(2)12(3)19-14-8-6-5-7-13(14)17/h5-8,11-12H,4,9-10H2,1-3H3,(H,16,18)/t11-,12+/m0/s1. The third-order valence-corrected chi connectivity index (χ3v) is 4.91. The van der Waals surface area contributed by atoms with Gasteiger partial charge in [-0.1, -0.05) is 26.0 Å². The Morgan fingerprint density at radius 3 is 2.84 bits per heavy atom. The third-order valence-electron chi connectivity index (χ3n) is 3.54. The molecule has 1 aromatic carbocycles. The highest BCUT2D eigenvalue weighted by Gasteiger charge is 2.29. The minimum absolute atomic E-state index is 0.114. The van der Waals surface area contributed by atoms with E-state index in [0.717, 1.165) is 13.0 Å². The Balaban J connectivity index is 2.16. The number of fused-ring (bicyclic) bond motifs is 1. The predicted molar refractivity (Wildman–Crippen MR) is 81.9 cm³/mol. The molecule has 0 aromatic heterocycles. The molecule has 0 fully saturated rings. The zero-order chi connectivity index (χ0) is 13.8. The highest BCUT2D eigenvalue weighted by Crippen LogP contribution is 2.40. The van der Waals surface area contributed by atoms with Crippen molar-refractivity contribution in [2.45, 2.75) is 43.4 Å². The van der Waals surface area contributed by atoms with Crippen molar-refractivity contribution < 1.29 is 4.79 Å². The van der Waals surface area contributed by atoms with E-state index in [4.69, 9.17) is 0 Å². The summed E-state index contributed by atoms with van der Waals surface area (Å²) < 4.78 is 0. The van der Waals surface area contributed by atoms with Crippen molar-refractivity contribution in [3.8, 4) is 0 Å². The van der Waals surface area contributed by atoms with E-state index in [9.17, 15) is 4.79 Å². The van der Waals surface area contributed by atoms with Gasteiger partial charge in [-0.25, -0.2) is 0 Å². The smallest absolute Gasteiger partial charge is 0.239 e. The fourth-order valence-electron chi connectivity index (χ4n) is 2.27. The molecule has 0 radical (unpaired) electrons. The number of benzene rings is 1. The fraction of sp³-hybridized carbons (Fsp3) is 0.533. The SMILES string of the molecule is CCCNC(=O)CN1c2ccccc2S[C@H](C)[C@@H]1C. The van der Waals surface area contributed by atoms with E-state index in [1.54, 1.807) is 0 Å². The molecule has 2 atom stereocenters. The lowest BCUT2D eigenvalue weighted by Gasteiger charge is -2.39. The first-order valence-electron chi connectivity index (χ1n) is 6.92. The molecule has 19 heavy (non-hydrogen) atoms. The maximum absolute atomic E-state index is 12.0. The summed E-state index contributed by atoms with van der Waals surface area (Å²) in [5.74, 6) is 0.114. The minimum Gasteiger partial charge on any atom is -0.357 e. The van der Waals surface area contributed by atoms with Crippen LogP contribution in [0.2, 0.25) is 0 Å². The Labute approximate surface area is 119 Å². The first kappa shape index (κ1) is 14.3. The van der Waals surface area contributed by atoms with Crippen LogP contribution in [0.15, 0.2) is 29.2 Å². The largest absolute Gasteiger partial charge is 0.357 e. The molecule has 1 aliphatic rings. The van der Waals surface area contributed by atoms with Crippen LogP contribution in [0.5, 0.6) is 0 Å². The maximum atomic E-state index is 12.0. The fourth-order valence-corrected chi connectivity index (χ4v) is 3.48. The van der Waals surface area contributed by atoms with Crippen LogP contribution < -0.4 is 10.2 Å². The predicted octanol–water partition coefficient (Wildman–Crippen LogP) is 2.90. The summed E-state index contributed by atoms with van der Waals surface area (Å²) in [6, 6.07) is 8.72. The van der Waals surface area contributed by atoms with Gasteiger partial charge in [0.15, 0.2) is 0 Å². The van der Waals surface area contributed by atoms with Crippen molar-refractivity contribution in [3.05, 3.63) is 24.3 Å². The number of nitrogens with one attached hydrogen (secondary N) is 1. The molecule has 2 rings (SSSR count). The second-order valence-electron chi connectivity index (χ2n) is 5.01. The van der Waals surface area contributed by atoms with Gasteiger partial charge in [0, 0.05) is 22.7 Å². The molecule has 1 heterocycles. The number of carbonyl (C=O) groups is 1. The van der Waals surface area contributed by atoms with Gasteiger partial charge in [0.25, 0.3) is 0 Å². The summed E-state index contributed by atoms with van der Waals surface area (Å²) in [5, 5.41) is 3.45. The molecule has 3 nitrogen and oxygen atoms in total. The quantitative estimate of drug-likeness (QED) is 0.919. The van der Waals surface area contributed by atoms with Gasteiger partial charge in [0.1, 0.15) is 0 Å². The lowest BCUT2D eigenvalue weighted by Crippen LogP contribution is -2.47. The summed E-state index contributed by atoms with van der Waals surface area (Å²) in [6.07, 6.45) is 0.976. The van der Waals surface area contributed by atoms with Crippen LogP contribution in [0.1, 0.15) is 27.2 Å². The van der Waals surface area contributed by atoms with Crippen LogP contribution in [0.25, 0.3) is 0 Å². The summed E-state index contributed by atoms with van der Waals surface area (Å²) in [5.41, 5.74) is 1.18. The summed E-state index contributed by atoms with van der Waals surface area (Å²) >= 11 is 1.90. The number of thioether (sulfide) groups is 1. The van der Waals surface area contributed by atoms with Gasteiger partial charge in [-0.15, -0.1) is 11.8 Å². The van der Waals surface area contributed by atoms with E-state index < -0.39 is 0 Å². The minimum atomic E-state index is 0.114. The van der Waals surface area contributed by atoms with Crippen molar-refractivity contribution >= 4 is 23.4 Å². The number of amides is 1. The van der Waals surface area contributed by atoms with E-state index >= 15 is 0 Å². The first-order chi connectivity index (χ1) is 9.13. The number of rotatable bonds is 4. The molecule has 104 valence electrons. The molecular weight excluding hydrogens is 256 g/mol. The Morgan fingerprint density at radius 1 is 1.37 bits per heavy atom. The normalized spacial score (nSPS) is 21.9. The highest BCUT2D eigenvalue weighted by atomic mass is 32.2. The van der Waals surface area contributed by atoms with Crippen molar-refractivity contribution in [3.63, 3.8) is 0 Å². The molecule has 4 heteroatoms. The van der Waals surface area contributed by atoms with Gasteiger partial charge in [0.2, 0.25) is 5.91 Å². The lowest BCUT2D eigenvalue weighted by molar-refractivity contribution is -0.119. The monoisotopic (exact) mass is 278 g/mol. The molecule has 0 saturated heterocycles. The molecule has 0 aliphatic carbocycles. The Hall–Kier alpha value is -1.16. The van der Waals surface area contributed by atoms with E-state index in [-0.39, 0.29) is 5.91 Å². The molecule has 0 saturated carbocycles.